The van der Waals surface area contributed by atoms with Gasteiger partial charge in [0.1, 0.15) is 0 Å². The number of hydrogen-bond acceptors (Lipinski definition) is 1. The van der Waals surface area contributed by atoms with Gasteiger partial charge in [-0.1, -0.05) is 0 Å². The summed E-state index contributed by atoms with van der Waals surface area (Å²) in [6.45, 7) is 5.44. The summed E-state index contributed by atoms with van der Waals surface area (Å²) in [5.74, 6) is 0. The highest BCUT2D eigenvalue weighted by atomic mass is 19.2. The summed E-state index contributed by atoms with van der Waals surface area (Å²) in [4.78, 5) is 0. The normalized spacial score (nSPS) is 12.9. The fourth-order valence-electron chi connectivity index (χ4n) is 0. The zero-order valence-corrected chi connectivity index (χ0v) is 5.33. The molecule has 0 radical (unpaired) electrons. The number of rotatable bonds is 0. The molecule has 0 aliphatic heterocycles. The van der Waals surface area contributed by atoms with Crippen LogP contribution in [-0.4, -0.2) is 17.7 Å². The molecule has 0 atom stereocenters. The molecule has 0 amide bonds. The minimum absolute atomic E-state index is 0.333. The molecule has 0 saturated carbocycles. The molecule has 7 heavy (non-hydrogen) atoms. The minimum atomic E-state index is -0.333. The van der Waals surface area contributed by atoms with Crippen LogP contribution in [0.4, 0.5) is 4.48 Å². The Balaban J connectivity index is 3.54. The maximum atomic E-state index is 12.0. The van der Waals surface area contributed by atoms with Gasteiger partial charge in [0, 0.05) is 12.6 Å². The molecule has 0 heterocycles. The first kappa shape index (κ1) is 6.89. The van der Waals surface area contributed by atoms with Gasteiger partial charge < -0.3 is 0 Å². The molecular weight excluding hydrogens is 93.1 g/mol. The molecule has 0 saturated heterocycles. The highest BCUT2D eigenvalue weighted by Gasteiger charge is 2.14. The average molecular weight is 105 g/mol. The lowest BCUT2D eigenvalue weighted by Crippen LogP contribution is -2.30. The topological polar surface area (TPSA) is 3.24 Å². The number of hydrogen-bond donors (Lipinski definition) is 0. The van der Waals surface area contributed by atoms with E-state index in [1.54, 1.807) is 0 Å². The van der Waals surface area contributed by atoms with Crippen LogP contribution in [0.3, 0.4) is 0 Å². The third-order valence-corrected chi connectivity index (χ3v) is 0.924. The minimum Gasteiger partial charge on any atom is -0.144 e. The van der Waals surface area contributed by atoms with Gasteiger partial charge in [-0.15, -0.1) is 9.60 Å². The van der Waals surface area contributed by atoms with Crippen LogP contribution in [0, 0.1) is 0 Å². The molecular formula is C5H12FN. The maximum absolute atomic E-state index is 12.0. The second-order valence-electron chi connectivity index (χ2n) is 2.65. The van der Waals surface area contributed by atoms with E-state index in [9.17, 15) is 4.48 Å². The van der Waals surface area contributed by atoms with Crippen molar-refractivity contribution >= 4 is 0 Å². The Kier molecular flexibility index (Phi) is 1.75. The van der Waals surface area contributed by atoms with E-state index < -0.39 is 0 Å². The largest absolute Gasteiger partial charge is 0.144 e. The van der Waals surface area contributed by atoms with Crippen LogP contribution in [0.5, 0.6) is 0 Å². The molecule has 0 aliphatic rings. The van der Waals surface area contributed by atoms with Crippen molar-refractivity contribution in [3.63, 3.8) is 0 Å². The Hall–Kier alpha value is -0.110. The number of nitrogens with zero attached hydrogens (tertiary/aromatic N) is 1. The van der Waals surface area contributed by atoms with Crippen molar-refractivity contribution in [1.82, 2.24) is 5.12 Å². The van der Waals surface area contributed by atoms with E-state index in [4.69, 9.17) is 0 Å². The summed E-state index contributed by atoms with van der Waals surface area (Å²) in [6, 6.07) is 0. The van der Waals surface area contributed by atoms with Crippen LogP contribution < -0.4 is 0 Å². The highest BCUT2D eigenvalue weighted by Crippen LogP contribution is 2.08. The second-order valence-corrected chi connectivity index (χ2v) is 2.65. The van der Waals surface area contributed by atoms with E-state index in [0.29, 0.717) is 5.12 Å². The van der Waals surface area contributed by atoms with Crippen LogP contribution >= 0.6 is 0 Å². The Morgan fingerprint density at radius 3 is 1.43 bits per heavy atom. The van der Waals surface area contributed by atoms with Crippen molar-refractivity contribution in [2.45, 2.75) is 26.3 Å². The van der Waals surface area contributed by atoms with E-state index in [1.807, 2.05) is 20.8 Å². The van der Waals surface area contributed by atoms with Crippen LogP contribution in [0.2, 0.25) is 0 Å². The Labute approximate surface area is 44.1 Å². The zero-order chi connectivity index (χ0) is 6.08. The van der Waals surface area contributed by atoms with E-state index in [1.165, 1.54) is 7.05 Å². The van der Waals surface area contributed by atoms with Crippen molar-refractivity contribution in [1.29, 1.82) is 0 Å². The molecule has 0 spiro atoms. The van der Waals surface area contributed by atoms with Crippen molar-refractivity contribution in [3.05, 3.63) is 0 Å². The average Bonchev–Trinajstić information content (AvgIpc) is 1.31. The predicted molar refractivity (Wildman–Crippen MR) is 28.6 cm³/mol. The highest BCUT2D eigenvalue weighted by molar-refractivity contribution is 4.64. The summed E-state index contributed by atoms with van der Waals surface area (Å²) >= 11 is 0. The third kappa shape index (κ3) is 2.57. The zero-order valence-electron chi connectivity index (χ0n) is 5.33. The van der Waals surface area contributed by atoms with E-state index in [0.717, 1.165) is 0 Å². The molecule has 0 aromatic carbocycles. The van der Waals surface area contributed by atoms with Crippen LogP contribution in [0.15, 0.2) is 0 Å². The Bertz CT molecular complexity index is 53.6. The molecule has 1 nitrogen and oxygen atoms in total. The van der Waals surface area contributed by atoms with Crippen molar-refractivity contribution < 1.29 is 4.48 Å². The first-order valence-corrected chi connectivity index (χ1v) is 2.34. The van der Waals surface area contributed by atoms with Crippen LogP contribution in [0.25, 0.3) is 0 Å². The Morgan fingerprint density at radius 2 is 1.43 bits per heavy atom. The SMILES string of the molecule is CN(F)C(C)(C)C. The van der Waals surface area contributed by atoms with Gasteiger partial charge in [0.25, 0.3) is 0 Å². The molecule has 0 N–H and O–H groups in total. The van der Waals surface area contributed by atoms with Gasteiger partial charge in [0.2, 0.25) is 0 Å². The fraction of sp³-hybridized carbons (Fsp3) is 1.00. The molecule has 0 unspecified atom stereocenters. The van der Waals surface area contributed by atoms with Gasteiger partial charge in [-0.05, 0) is 20.8 Å². The first-order chi connectivity index (χ1) is 2.94. The summed E-state index contributed by atoms with van der Waals surface area (Å²) in [6.07, 6.45) is 0. The van der Waals surface area contributed by atoms with E-state index in [2.05, 4.69) is 0 Å². The van der Waals surface area contributed by atoms with Gasteiger partial charge in [-0.2, -0.15) is 0 Å². The monoisotopic (exact) mass is 105 g/mol. The summed E-state index contributed by atoms with van der Waals surface area (Å²) < 4.78 is 12.0. The van der Waals surface area contributed by atoms with Gasteiger partial charge in [-0.25, -0.2) is 0 Å². The molecule has 44 valence electrons. The first-order valence-electron chi connectivity index (χ1n) is 2.34. The quantitative estimate of drug-likeness (QED) is 0.423. The molecule has 0 aliphatic carbocycles. The number of halogens is 1. The standard InChI is InChI=1S/C5H12FN/c1-5(2,3)7(4)6/h1-4H3. The molecule has 0 fully saturated rings. The Morgan fingerprint density at radius 1 is 1.29 bits per heavy atom. The third-order valence-electron chi connectivity index (χ3n) is 0.924. The van der Waals surface area contributed by atoms with Gasteiger partial charge in [0.05, 0.1) is 0 Å². The van der Waals surface area contributed by atoms with E-state index in [-0.39, 0.29) is 5.54 Å². The van der Waals surface area contributed by atoms with Crippen molar-refractivity contribution in [3.8, 4) is 0 Å². The molecule has 0 aromatic heterocycles. The smallest absolute Gasteiger partial charge is 0.0425 e. The lowest BCUT2D eigenvalue weighted by Gasteiger charge is -2.21. The van der Waals surface area contributed by atoms with Crippen molar-refractivity contribution in [2.24, 2.45) is 0 Å². The van der Waals surface area contributed by atoms with Crippen LogP contribution in [0.1, 0.15) is 20.8 Å². The molecule has 0 rings (SSSR count). The lowest BCUT2D eigenvalue weighted by molar-refractivity contribution is -0.0304. The van der Waals surface area contributed by atoms with E-state index >= 15 is 0 Å². The summed E-state index contributed by atoms with van der Waals surface area (Å²) in [5.41, 5.74) is -0.333. The fourth-order valence-corrected chi connectivity index (χ4v) is 0. The van der Waals surface area contributed by atoms with Crippen LogP contribution in [-0.2, 0) is 0 Å². The predicted octanol–water partition coefficient (Wildman–Crippen LogP) is 1.60. The molecule has 2 heteroatoms. The lowest BCUT2D eigenvalue weighted by atomic mass is 10.1. The molecule has 0 bridgehead atoms. The second kappa shape index (κ2) is 1.78. The van der Waals surface area contributed by atoms with Crippen molar-refractivity contribution in [2.75, 3.05) is 7.05 Å². The van der Waals surface area contributed by atoms with Gasteiger partial charge in [-0.3, -0.25) is 0 Å². The summed E-state index contributed by atoms with van der Waals surface area (Å²) in [7, 11) is 1.42. The van der Waals surface area contributed by atoms with Gasteiger partial charge in [0.15, 0.2) is 0 Å². The summed E-state index contributed by atoms with van der Waals surface area (Å²) in [5, 5.41) is 0.688. The maximum Gasteiger partial charge on any atom is 0.0425 e. The van der Waals surface area contributed by atoms with Gasteiger partial charge >= 0.3 is 0 Å². The molecule has 0 aromatic rings.